The van der Waals surface area contributed by atoms with Crippen LogP contribution in [0.3, 0.4) is 0 Å². The molecule has 5 heteroatoms. The van der Waals surface area contributed by atoms with Gasteiger partial charge in [-0.3, -0.25) is 4.99 Å². The second-order valence-electron chi connectivity index (χ2n) is 4.80. The highest BCUT2D eigenvalue weighted by atomic mass is 32.2. The van der Waals surface area contributed by atoms with Crippen LogP contribution in [0.2, 0.25) is 0 Å². The van der Waals surface area contributed by atoms with E-state index in [1.54, 1.807) is 7.11 Å². The lowest BCUT2D eigenvalue weighted by atomic mass is 9.84. The molecular weight excluding hydrogens is 252 g/mol. The van der Waals surface area contributed by atoms with Crippen LogP contribution in [-0.2, 0) is 4.74 Å². The van der Waals surface area contributed by atoms with Crippen LogP contribution in [0, 0.1) is 0 Å². The van der Waals surface area contributed by atoms with Crippen LogP contribution in [0.1, 0.15) is 25.7 Å². The molecule has 1 aliphatic heterocycles. The molecule has 17 heavy (non-hydrogen) atoms. The third-order valence-corrected chi connectivity index (χ3v) is 6.12. The Morgan fingerprint density at radius 1 is 1.59 bits per heavy atom. The minimum atomic E-state index is 0.458. The molecular formula is C12H22N2OS2. The van der Waals surface area contributed by atoms with Crippen LogP contribution in [-0.4, -0.2) is 48.2 Å². The number of hydrogen-bond acceptors (Lipinski definition) is 4. The van der Waals surface area contributed by atoms with E-state index in [9.17, 15) is 0 Å². The Morgan fingerprint density at radius 3 is 3.00 bits per heavy atom. The lowest BCUT2D eigenvalue weighted by Gasteiger charge is -2.39. The number of nitrogens with one attached hydrogen (secondary N) is 1. The molecule has 0 radical (unpaired) electrons. The number of ether oxygens (including phenoxy) is 1. The molecule has 1 heterocycles. The summed E-state index contributed by atoms with van der Waals surface area (Å²) < 4.78 is 5.56. The van der Waals surface area contributed by atoms with Gasteiger partial charge >= 0.3 is 0 Å². The minimum Gasteiger partial charge on any atom is -0.385 e. The molecule has 1 saturated heterocycles. The standard InChI is InChI=1S/C12H22N2OS2/c1-15-7-4-10-8-17-11(14-10)13-9-12(16-2)5-3-6-12/h10H,3-9H2,1-2H3,(H,13,14). The lowest BCUT2D eigenvalue weighted by molar-refractivity contribution is 0.188. The average molecular weight is 274 g/mol. The number of nitrogens with zero attached hydrogens (tertiary/aromatic N) is 1. The molecule has 0 amide bonds. The summed E-state index contributed by atoms with van der Waals surface area (Å²) in [6.45, 7) is 1.82. The summed E-state index contributed by atoms with van der Waals surface area (Å²) in [5.41, 5.74) is 0. The van der Waals surface area contributed by atoms with E-state index in [1.807, 2.05) is 23.5 Å². The summed E-state index contributed by atoms with van der Waals surface area (Å²) in [5.74, 6) is 1.13. The van der Waals surface area contributed by atoms with Crippen molar-refractivity contribution in [2.75, 3.05) is 32.3 Å². The van der Waals surface area contributed by atoms with Gasteiger partial charge in [0, 0.05) is 30.3 Å². The van der Waals surface area contributed by atoms with E-state index >= 15 is 0 Å². The quantitative estimate of drug-likeness (QED) is 0.806. The molecule has 0 aromatic rings. The van der Waals surface area contributed by atoms with Crippen LogP contribution in [0.4, 0.5) is 0 Å². The van der Waals surface area contributed by atoms with E-state index in [0.717, 1.165) is 30.5 Å². The molecule has 1 unspecified atom stereocenters. The minimum absolute atomic E-state index is 0.458. The normalized spacial score (nSPS) is 29.1. The van der Waals surface area contributed by atoms with Gasteiger partial charge < -0.3 is 10.1 Å². The summed E-state index contributed by atoms with van der Waals surface area (Å²) in [6, 6.07) is 0.547. The molecule has 2 aliphatic rings. The van der Waals surface area contributed by atoms with Crippen molar-refractivity contribution in [2.24, 2.45) is 4.99 Å². The number of methoxy groups -OCH3 is 1. The predicted octanol–water partition coefficient (Wildman–Crippen LogP) is 2.37. The second-order valence-corrected chi connectivity index (χ2v) is 7.08. The lowest BCUT2D eigenvalue weighted by Crippen LogP contribution is -2.37. The summed E-state index contributed by atoms with van der Waals surface area (Å²) in [6.07, 6.45) is 7.35. The van der Waals surface area contributed by atoms with Gasteiger partial charge in [-0.25, -0.2) is 0 Å². The Bertz CT molecular complexity index is 274. The molecule has 1 N–H and O–H groups in total. The van der Waals surface area contributed by atoms with Crippen molar-refractivity contribution >= 4 is 28.7 Å². The first kappa shape index (κ1) is 13.6. The van der Waals surface area contributed by atoms with E-state index in [4.69, 9.17) is 9.73 Å². The number of aliphatic imine (C=N–C) groups is 1. The topological polar surface area (TPSA) is 33.6 Å². The molecule has 1 saturated carbocycles. The Kier molecular flexibility index (Phi) is 5.06. The predicted molar refractivity (Wildman–Crippen MR) is 78.3 cm³/mol. The third kappa shape index (κ3) is 3.55. The molecule has 0 aromatic heterocycles. The zero-order chi connectivity index (χ0) is 12.1. The summed E-state index contributed by atoms with van der Waals surface area (Å²) >= 11 is 3.85. The molecule has 3 nitrogen and oxygen atoms in total. The van der Waals surface area contributed by atoms with Crippen molar-refractivity contribution in [3.8, 4) is 0 Å². The number of amidine groups is 1. The van der Waals surface area contributed by atoms with Crippen molar-refractivity contribution in [1.82, 2.24) is 5.32 Å². The molecule has 98 valence electrons. The van der Waals surface area contributed by atoms with Crippen LogP contribution in [0.5, 0.6) is 0 Å². The first-order valence-electron chi connectivity index (χ1n) is 6.26. The zero-order valence-corrected chi connectivity index (χ0v) is 12.3. The van der Waals surface area contributed by atoms with Crippen molar-refractivity contribution in [3.63, 3.8) is 0 Å². The van der Waals surface area contributed by atoms with E-state index < -0.39 is 0 Å². The van der Waals surface area contributed by atoms with Gasteiger partial charge in [0.15, 0.2) is 5.17 Å². The maximum Gasteiger partial charge on any atom is 0.156 e. The van der Waals surface area contributed by atoms with Gasteiger partial charge in [-0.1, -0.05) is 18.2 Å². The highest BCUT2D eigenvalue weighted by molar-refractivity contribution is 8.14. The van der Waals surface area contributed by atoms with Crippen LogP contribution in [0.15, 0.2) is 4.99 Å². The largest absolute Gasteiger partial charge is 0.385 e. The van der Waals surface area contributed by atoms with E-state index in [1.165, 1.54) is 19.3 Å². The van der Waals surface area contributed by atoms with Gasteiger partial charge in [0.1, 0.15) is 0 Å². The second kappa shape index (κ2) is 6.34. The maximum atomic E-state index is 5.10. The smallest absolute Gasteiger partial charge is 0.156 e. The Morgan fingerprint density at radius 2 is 2.41 bits per heavy atom. The van der Waals surface area contributed by atoms with E-state index in [0.29, 0.717) is 10.8 Å². The average Bonchev–Trinajstić information content (AvgIpc) is 2.74. The first-order chi connectivity index (χ1) is 8.28. The third-order valence-electron chi connectivity index (χ3n) is 3.63. The highest BCUT2D eigenvalue weighted by Crippen LogP contribution is 2.43. The summed E-state index contributed by atoms with van der Waals surface area (Å²) in [5, 5.41) is 4.64. The van der Waals surface area contributed by atoms with Gasteiger partial charge in [-0.2, -0.15) is 11.8 Å². The van der Waals surface area contributed by atoms with Gasteiger partial charge in [0.05, 0.1) is 6.54 Å². The van der Waals surface area contributed by atoms with Crippen molar-refractivity contribution in [1.29, 1.82) is 0 Å². The van der Waals surface area contributed by atoms with Crippen molar-refractivity contribution in [2.45, 2.75) is 36.5 Å². The fraction of sp³-hybridized carbons (Fsp3) is 0.917. The highest BCUT2D eigenvalue weighted by Gasteiger charge is 2.36. The van der Waals surface area contributed by atoms with Gasteiger partial charge in [0.2, 0.25) is 0 Å². The summed E-state index contributed by atoms with van der Waals surface area (Å²) in [4.78, 5) is 4.75. The van der Waals surface area contributed by atoms with Crippen LogP contribution >= 0.6 is 23.5 Å². The van der Waals surface area contributed by atoms with Gasteiger partial charge in [-0.05, 0) is 25.5 Å². The molecule has 0 aromatic carbocycles. The number of hydrogen-bond donors (Lipinski definition) is 1. The van der Waals surface area contributed by atoms with E-state index in [2.05, 4.69) is 11.6 Å². The van der Waals surface area contributed by atoms with Gasteiger partial charge in [-0.15, -0.1) is 0 Å². The molecule has 0 bridgehead atoms. The fourth-order valence-electron chi connectivity index (χ4n) is 2.16. The molecule has 1 atom stereocenters. The molecule has 2 rings (SSSR count). The Balaban J connectivity index is 1.75. The van der Waals surface area contributed by atoms with Gasteiger partial charge in [0.25, 0.3) is 0 Å². The molecule has 2 fully saturated rings. The fourth-order valence-corrected chi connectivity index (χ4v) is 4.06. The van der Waals surface area contributed by atoms with Crippen LogP contribution in [0.25, 0.3) is 0 Å². The maximum absolute atomic E-state index is 5.10. The summed E-state index contributed by atoms with van der Waals surface area (Å²) in [7, 11) is 1.76. The SMILES string of the molecule is COCCC1CSC(=NCC2(SC)CCC2)N1. The molecule has 1 aliphatic carbocycles. The number of thioether (sulfide) groups is 2. The number of rotatable bonds is 6. The van der Waals surface area contributed by atoms with Crippen LogP contribution < -0.4 is 5.32 Å². The first-order valence-corrected chi connectivity index (χ1v) is 8.47. The Hall–Kier alpha value is 0.130. The van der Waals surface area contributed by atoms with Crippen molar-refractivity contribution in [3.05, 3.63) is 0 Å². The van der Waals surface area contributed by atoms with Crippen molar-refractivity contribution < 1.29 is 4.74 Å². The zero-order valence-electron chi connectivity index (χ0n) is 10.7. The monoisotopic (exact) mass is 274 g/mol. The molecule has 0 spiro atoms. The Labute approximate surface area is 113 Å². The van der Waals surface area contributed by atoms with E-state index in [-0.39, 0.29) is 0 Å².